The van der Waals surface area contributed by atoms with E-state index in [-0.39, 0.29) is 11.8 Å². The van der Waals surface area contributed by atoms with Crippen LogP contribution in [0.5, 0.6) is 11.6 Å². The van der Waals surface area contributed by atoms with Gasteiger partial charge in [-0.25, -0.2) is 4.98 Å². The van der Waals surface area contributed by atoms with Gasteiger partial charge >= 0.3 is 0 Å². The van der Waals surface area contributed by atoms with Crippen molar-refractivity contribution in [3.8, 4) is 17.4 Å². The van der Waals surface area contributed by atoms with Crippen molar-refractivity contribution in [1.29, 1.82) is 0 Å². The first-order valence-electron chi connectivity index (χ1n) is 8.25. The number of ether oxygens (including phenoxy) is 1. The molecule has 1 saturated carbocycles. The molecule has 2 aromatic heterocycles. The summed E-state index contributed by atoms with van der Waals surface area (Å²) in [5, 5.41) is 2.91. The molecule has 4 rings (SSSR count). The van der Waals surface area contributed by atoms with Gasteiger partial charge in [0.15, 0.2) is 0 Å². The number of nitrogens with one attached hydrogen (secondary N) is 1. The minimum Gasteiger partial charge on any atom is -0.439 e. The second kappa shape index (κ2) is 6.39. The van der Waals surface area contributed by atoms with Crippen molar-refractivity contribution >= 4 is 11.6 Å². The number of aryl methyl sites for hydroxylation is 1. The van der Waals surface area contributed by atoms with Crippen LogP contribution in [0, 0.1) is 12.8 Å². The Balaban J connectivity index is 1.49. The molecule has 1 N–H and O–H groups in total. The van der Waals surface area contributed by atoms with E-state index in [2.05, 4.69) is 15.3 Å². The van der Waals surface area contributed by atoms with E-state index >= 15 is 0 Å². The van der Waals surface area contributed by atoms with E-state index in [1.54, 1.807) is 6.07 Å². The summed E-state index contributed by atoms with van der Waals surface area (Å²) in [5.41, 5.74) is 0.774. The monoisotopic (exact) mass is 334 g/mol. The molecule has 1 aliphatic rings. The van der Waals surface area contributed by atoms with E-state index in [4.69, 9.17) is 4.74 Å². The number of nitrogens with zero attached hydrogens (tertiary/aromatic N) is 3. The van der Waals surface area contributed by atoms with Crippen LogP contribution in [0.25, 0.3) is 5.82 Å². The maximum Gasteiger partial charge on any atom is 0.227 e. The molecule has 0 saturated heterocycles. The van der Waals surface area contributed by atoms with E-state index in [9.17, 15) is 4.79 Å². The molecule has 0 atom stereocenters. The predicted octanol–water partition coefficient (Wildman–Crippen LogP) is 3.72. The van der Waals surface area contributed by atoms with Gasteiger partial charge in [0, 0.05) is 30.1 Å². The molecule has 3 aromatic rings. The molecule has 25 heavy (non-hydrogen) atoms. The maximum absolute atomic E-state index is 11.8. The van der Waals surface area contributed by atoms with Gasteiger partial charge in [-0.1, -0.05) is 0 Å². The van der Waals surface area contributed by atoms with Gasteiger partial charge in [0.25, 0.3) is 0 Å². The number of hydrogen-bond donors (Lipinski definition) is 1. The van der Waals surface area contributed by atoms with Gasteiger partial charge in [0.2, 0.25) is 11.8 Å². The summed E-state index contributed by atoms with van der Waals surface area (Å²) in [6.07, 6.45) is 5.82. The number of anilines is 1. The third kappa shape index (κ3) is 3.68. The number of carbonyl (C=O) groups is 1. The summed E-state index contributed by atoms with van der Waals surface area (Å²) in [7, 11) is 0. The van der Waals surface area contributed by atoms with Crippen molar-refractivity contribution < 1.29 is 9.53 Å². The smallest absolute Gasteiger partial charge is 0.227 e. The Kier molecular flexibility index (Phi) is 3.93. The fourth-order valence-corrected chi connectivity index (χ4v) is 2.51. The molecule has 1 aromatic carbocycles. The highest BCUT2D eigenvalue weighted by atomic mass is 16.5. The third-order valence-corrected chi connectivity index (χ3v) is 3.96. The number of carbonyl (C=O) groups excluding carboxylic acids is 1. The van der Waals surface area contributed by atoms with Crippen molar-refractivity contribution in [3.63, 3.8) is 0 Å². The standard InChI is InChI=1S/C19H18N4O2/c1-13-20-17(23-10-2-3-11-23)12-18(21-13)25-16-8-6-15(7-9-16)22-19(24)14-4-5-14/h2-3,6-12,14H,4-5H2,1H3,(H,22,24). The lowest BCUT2D eigenvalue weighted by atomic mass is 10.3. The average Bonchev–Trinajstić information content (AvgIpc) is 3.31. The molecule has 1 amide bonds. The van der Waals surface area contributed by atoms with Crippen molar-refractivity contribution in [1.82, 2.24) is 14.5 Å². The van der Waals surface area contributed by atoms with Crippen LogP contribution < -0.4 is 10.1 Å². The largest absolute Gasteiger partial charge is 0.439 e. The van der Waals surface area contributed by atoms with Crippen molar-refractivity contribution in [3.05, 3.63) is 60.7 Å². The zero-order valence-electron chi connectivity index (χ0n) is 13.8. The number of aromatic nitrogens is 3. The molecular weight excluding hydrogens is 316 g/mol. The average molecular weight is 334 g/mol. The number of hydrogen-bond acceptors (Lipinski definition) is 4. The molecule has 0 bridgehead atoms. The fourth-order valence-electron chi connectivity index (χ4n) is 2.51. The van der Waals surface area contributed by atoms with E-state index in [0.717, 1.165) is 24.3 Å². The first-order chi connectivity index (χ1) is 12.2. The van der Waals surface area contributed by atoms with Crippen molar-refractivity contribution in [2.75, 3.05) is 5.32 Å². The maximum atomic E-state index is 11.8. The number of amides is 1. The quantitative estimate of drug-likeness (QED) is 0.772. The number of benzene rings is 1. The van der Waals surface area contributed by atoms with Gasteiger partial charge < -0.3 is 14.6 Å². The molecule has 1 fully saturated rings. The normalized spacial score (nSPS) is 13.5. The van der Waals surface area contributed by atoms with Gasteiger partial charge in [0.05, 0.1) is 0 Å². The van der Waals surface area contributed by atoms with Crippen LogP contribution in [0.1, 0.15) is 18.7 Å². The molecule has 6 heteroatoms. The Morgan fingerprint density at radius 1 is 1.16 bits per heavy atom. The highest BCUT2D eigenvalue weighted by Crippen LogP contribution is 2.30. The van der Waals surface area contributed by atoms with E-state index < -0.39 is 0 Å². The predicted molar refractivity (Wildman–Crippen MR) is 94.0 cm³/mol. The first-order valence-corrected chi connectivity index (χ1v) is 8.25. The lowest BCUT2D eigenvalue weighted by Crippen LogP contribution is -2.12. The molecule has 0 unspecified atom stereocenters. The van der Waals surface area contributed by atoms with E-state index in [0.29, 0.717) is 17.5 Å². The summed E-state index contributed by atoms with van der Waals surface area (Å²) in [6.45, 7) is 1.83. The summed E-state index contributed by atoms with van der Waals surface area (Å²) in [4.78, 5) is 20.5. The first kappa shape index (κ1) is 15.4. The molecule has 0 aliphatic heterocycles. The van der Waals surface area contributed by atoms with Crippen LogP contribution in [-0.4, -0.2) is 20.4 Å². The SMILES string of the molecule is Cc1nc(Oc2ccc(NC(=O)C3CC3)cc2)cc(-n2cccc2)n1. The fraction of sp³-hybridized carbons (Fsp3) is 0.211. The highest BCUT2D eigenvalue weighted by molar-refractivity contribution is 5.94. The summed E-state index contributed by atoms with van der Waals surface area (Å²) in [5.74, 6) is 2.80. The lowest BCUT2D eigenvalue weighted by molar-refractivity contribution is -0.117. The Hall–Kier alpha value is -3.15. The van der Waals surface area contributed by atoms with Crippen molar-refractivity contribution in [2.24, 2.45) is 5.92 Å². The van der Waals surface area contributed by atoms with Crippen LogP contribution in [0.4, 0.5) is 5.69 Å². The lowest BCUT2D eigenvalue weighted by Gasteiger charge is -2.09. The van der Waals surface area contributed by atoms with Crippen LogP contribution >= 0.6 is 0 Å². The van der Waals surface area contributed by atoms with Crippen LogP contribution in [-0.2, 0) is 4.79 Å². The van der Waals surface area contributed by atoms with E-state index in [1.165, 1.54) is 0 Å². The molecule has 1 aliphatic carbocycles. The zero-order chi connectivity index (χ0) is 17.2. The van der Waals surface area contributed by atoms with E-state index in [1.807, 2.05) is 60.3 Å². The minimum absolute atomic E-state index is 0.0939. The van der Waals surface area contributed by atoms with Crippen LogP contribution in [0.3, 0.4) is 0 Å². The summed E-state index contributed by atoms with van der Waals surface area (Å²) >= 11 is 0. The number of rotatable bonds is 5. The van der Waals surface area contributed by atoms with Crippen LogP contribution in [0.2, 0.25) is 0 Å². The van der Waals surface area contributed by atoms with Crippen LogP contribution in [0.15, 0.2) is 54.9 Å². The molecular formula is C19H18N4O2. The second-order valence-corrected chi connectivity index (χ2v) is 6.09. The van der Waals surface area contributed by atoms with Gasteiger partial charge in [-0.15, -0.1) is 0 Å². The zero-order valence-corrected chi connectivity index (χ0v) is 13.8. The van der Waals surface area contributed by atoms with Crippen molar-refractivity contribution in [2.45, 2.75) is 19.8 Å². The highest BCUT2D eigenvalue weighted by Gasteiger charge is 2.29. The minimum atomic E-state index is 0.0939. The Labute approximate surface area is 145 Å². The molecule has 2 heterocycles. The molecule has 6 nitrogen and oxygen atoms in total. The van der Waals surface area contributed by atoms with Gasteiger partial charge in [-0.2, -0.15) is 4.98 Å². The second-order valence-electron chi connectivity index (χ2n) is 6.09. The Morgan fingerprint density at radius 2 is 1.88 bits per heavy atom. The molecule has 0 spiro atoms. The van der Waals surface area contributed by atoms with Gasteiger partial charge in [-0.3, -0.25) is 4.79 Å². The third-order valence-electron chi connectivity index (χ3n) is 3.96. The Morgan fingerprint density at radius 3 is 2.56 bits per heavy atom. The van der Waals surface area contributed by atoms with Gasteiger partial charge in [0.1, 0.15) is 17.4 Å². The topological polar surface area (TPSA) is 69.0 Å². The molecule has 126 valence electrons. The molecule has 0 radical (unpaired) electrons. The summed E-state index contributed by atoms with van der Waals surface area (Å²) in [6, 6.07) is 13.0. The Bertz CT molecular complexity index is 884. The van der Waals surface area contributed by atoms with Gasteiger partial charge in [-0.05, 0) is 56.2 Å². The summed E-state index contributed by atoms with van der Waals surface area (Å²) < 4.78 is 7.74.